The normalized spacial score (nSPS) is 19.8. The van der Waals surface area contributed by atoms with Gasteiger partial charge in [0.25, 0.3) is 0 Å². The zero-order valence-corrected chi connectivity index (χ0v) is 10.4. The summed E-state index contributed by atoms with van der Waals surface area (Å²) >= 11 is 0. The minimum Gasteiger partial charge on any atom is -0.310 e. The van der Waals surface area contributed by atoms with Gasteiger partial charge in [0.1, 0.15) is 0 Å². The molecule has 1 atom stereocenters. The van der Waals surface area contributed by atoms with E-state index in [4.69, 9.17) is 0 Å². The molecule has 0 radical (unpaired) electrons. The molecule has 1 aromatic carbocycles. The van der Waals surface area contributed by atoms with Crippen molar-refractivity contribution in [2.45, 2.75) is 39.2 Å². The molecule has 1 aliphatic rings. The highest BCUT2D eigenvalue weighted by molar-refractivity contribution is 5.22. The van der Waals surface area contributed by atoms with Crippen LogP contribution in [0.3, 0.4) is 0 Å². The molecule has 0 heterocycles. The number of hydrogen-bond acceptors (Lipinski definition) is 1. The third-order valence-electron chi connectivity index (χ3n) is 3.84. The van der Waals surface area contributed by atoms with Crippen LogP contribution in [0.2, 0.25) is 0 Å². The van der Waals surface area contributed by atoms with Gasteiger partial charge < -0.3 is 5.32 Å². The summed E-state index contributed by atoms with van der Waals surface area (Å²) in [7, 11) is 0. The second kappa shape index (κ2) is 4.73. The van der Waals surface area contributed by atoms with E-state index in [1.807, 2.05) is 6.92 Å². The van der Waals surface area contributed by atoms with Gasteiger partial charge in [-0.05, 0) is 31.2 Å². The van der Waals surface area contributed by atoms with Gasteiger partial charge in [0, 0.05) is 18.2 Å². The van der Waals surface area contributed by atoms with Crippen LogP contribution in [-0.4, -0.2) is 6.54 Å². The zero-order valence-electron chi connectivity index (χ0n) is 10.4. The van der Waals surface area contributed by atoms with Crippen LogP contribution >= 0.6 is 0 Å². The molecule has 1 aliphatic carbocycles. The van der Waals surface area contributed by atoms with Gasteiger partial charge in [-0.1, -0.05) is 25.5 Å². The molecule has 0 spiro atoms. The summed E-state index contributed by atoms with van der Waals surface area (Å²) in [4.78, 5) is 0. The molecule has 0 aromatic heterocycles. The van der Waals surface area contributed by atoms with Crippen LogP contribution in [-0.2, 0) is 0 Å². The molecule has 0 saturated heterocycles. The molecule has 3 heteroatoms. The molecule has 0 aliphatic heterocycles. The quantitative estimate of drug-likeness (QED) is 0.842. The van der Waals surface area contributed by atoms with Crippen LogP contribution in [0.25, 0.3) is 0 Å². The Labute approximate surface area is 101 Å². The SMILES string of the molecule is CC(NCC1(C)CCC1)c1cccc(F)c1F. The lowest BCUT2D eigenvalue weighted by Gasteiger charge is -2.39. The standard InChI is InChI=1S/C14H19F2N/c1-10(17-9-14(2)7-4-8-14)11-5-3-6-12(15)13(11)16/h3,5-6,10,17H,4,7-9H2,1-2H3. The van der Waals surface area contributed by atoms with E-state index in [9.17, 15) is 8.78 Å². The van der Waals surface area contributed by atoms with E-state index >= 15 is 0 Å². The van der Waals surface area contributed by atoms with Crippen LogP contribution < -0.4 is 5.32 Å². The van der Waals surface area contributed by atoms with Crippen molar-refractivity contribution in [2.75, 3.05) is 6.54 Å². The zero-order chi connectivity index (χ0) is 12.5. The lowest BCUT2D eigenvalue weighted by atomic mass is 9.70. The van der Waals surface area contributed by atoms with Crippen molar-refractivity contribution in [3.8, 4) is 0 Å². The first-order chi connectivity index (χ1) is 8.02. The van der Waals surface area contributed by atoms with Gasteiger partial charge in [0.2, 0.25) is 0 Å². The van der Waals surface area contributed by atoms with Gasteiger partial charge in [-0.3, -0.25) is 0 Å². The second-order valence-electron chi connectivity index (χ2n) is 5.41. The van der Waals surface area contributed by atoms with Crippen molar-refractivity contribution < 1.29 is 8.78 Å². The number of benzene rings is 1. The van der Waals surface area contributed by atoms with E-state index in [-0.39, 0.29) is 6.04 Å². The largest absolute Gasteiger partial charge is 0.310 e. The fraction of sp³-hybridized carbons (Fsp3) is 0.571. The van der Waals surface area contributed by atoms with Crippen LogP contribution in [0.4, 0.5) is 8.78 Å². The minimum absolute atomic E-state index is 0.150. The molecule has 1 fully saturated rings. The van der Waals surface area contributed by atoms with Gasteiger partial charge in [-0.25, -0.2) is 8.78 Å². The van der Waals surface area contributed by atoms with E-state index < -0.39 is 11.6 Å². The highest BCUT2D eigenvalue weighted by Crippen LogP contribution is 2.39. The Bertz CT molecular complexity index is 399. The van der Waals surface area contributed by atoms with E-state index in [1.165, 1.54) is 19.3 Å². The van der Waals surface area contributed by atoms with Crippen molar-refractivity contribution in [2.24, 2.45) is 5.41 Å². The second-order valence-corrected chi connectivity index (χ2v) is 5.41. The fourth-order valence-electron chi connectivity index (χ4n) is 2.32. The minimum atomic E-state index is -0.772. The van der Waals surface area contributed by atoms with Crippen LogP contribution in [0.1, 0.15) is 44.7 Å². The molecule has 0 amide bonds. The van der Waals surface area contributed by atoms with E-state index in [0.29, 0.717) is 11.0 Å². The summed E-state index contributed by atoms with van der Waals surface area (Å²) < 4.78 is 26.6. The maximum absolute atomic E-state index is 13.6. The van der Waals surface area contributed by atoms with Gasteiger partial charge in [0.05, 0.1) is 0 Å². The summed E-state index contributed by atoms with van der Waals surface area (Å²) in [5.41, 5.74) is 0.755. The van der Waals surface area contributed by atoms with Gasteiger partial charge in [-0.15, -0.1) is 0 Å². The average molecular weight is 239 g/mol. The third kappa shape index (κ3) is 2.65. The number of hydrogen-bond donors (Lipinski definition) is 1. The van der Waals surface area contributed by atoms with Crippen molar-refractivity contribution in [3.05, 3.63) is 35.4 Å². The average Bonchev–Trinajstić information content (AvgIpc) is 2.27. The summed E-state index contributed by atoms with van der Waals surface area (Å²) in [6, 6.07) is 4.19. The molecular weight excluding hydrogens is 220 g/mol. The Kier molecular flexibility index (Phi) is 3.48. The van der Waals surface area contributed by atoms with Crippen molar-refractivity contribution in [3.63, 3.8) is 0 Å². The molecule has 2 rings (SSSR count). The predicted octanol–water partition coefficient (Wildman–Crippen LogP) is 3.81. The molecule has 1 aromatic rings. The third-order valence-corrected chi connectivity index (χ3v) is 3.84. The Hall–Kier alpha value is -0.960. The molecule has 1 unspecified atom stereocenters. The predicted molar refractivity (Wildman–Crippen MR) is 64.7 cm³/mol. The lowest BCUT2D eigenvalue weighted by molar-refractivity contribution is 0.151. The molecule has 17 heavy (non-hydrogen) atoms. The first-order valence-electron chi connectivity index (χ1n) is 6.19. The summed E-state index contributed by atoms with van der Waals surface area (Å²) in [6.07, 6.45) is 3.72. The highest BCUT2D eigenvalue weighted by Gasteiger charge is 2.31. The smallest absolute Gasteiger partial charge is 0.163 e. The Balaban J connectivity index is 1.99. The topological polar surface area (TPSA) is 12.0 Å². The van der Waals surface area contributed by atoms with E-state index in [0.717, 1.165) is 12.6 Å². The van der Waals surface area contributed by atoms with Gasteiger partial charge in [-0.2, -0.15) is 0 Å². The molecule has 1 nitrogen and oxygen atoms in total. The summed E-state index contributed by atoms with van der Waals surface area (Å²) in [5.74, 6) is -1.50. The van der Waals surface area contributed by atoms with Crippen LogP contribution in [0.15, 0.2) is 18.2 Å². The lowest BCUT2D eigenvalue weighted by Crippen LogP contribution is -2.38. The number of nitrogens with one attached hydrogen (secondary N) is 1. The molecule has 1 N–H and O–H groups in total. The van der Waals surface area contributed by atoms with Crippen molar-refractivity contribution in [1.82, 2.24) is 5.32 Å². The van der Waals surface area contributed by atoms with Gasteiger partial charge in [0.15, 0.2) is 11.6 Å². The van der Waals surface area contributed by atoms with Crippen molar-refractivity contribution in [1.29, 1.82) is 0 Å². The van der Waals surface area contributed by atoms with Crippen LogP contribution in [0.5, 0.6) is 0 Å². The first-order valence-corrected chi connectivity index (χ1v) is 6.19. The summed E-state index contributed by atoms with van der Waals surface area (Å²) in [6.45, 7) is 4.97. The Morgan fingerprint density at radius 3 is 2.65 bits per heavy atom. The Morgan fingerprint density at radius 2 is 2.06 bits per heavy atom. The molecule has 0 bridgehead atoms. The molecular formula is C14H19F2N. The van der Waals surface area contributed by atoms with Gasteiger partial charge >= 0.3 is 0 Å². The first kappa shape index (κ1) is 12.5. The van der Waals surface area contributed by atoms with E-state index in [1.54, 1.807) is 12.1 Å². The van der Waals surface area contributed by atoms with Crippen molar-refractivity contribution >= 4 is 0 Å². The maximum atomic E-state index is 13.6. The highest BCUT2D eigenvalue weighted by atomic mass is 19.2. The maximum Gasteiger partial charge on any atom is 0.163 e. The fourth-order valence-corrected chi connectivity index (χ4v) is 2.32. The van der Waals surface area contributed by atoms with Crippen LogP contribution in [0, 0.1) is 17.0 Å². The summed E-state index contributed by atoms with van der Waals surface area (Å²) in [5, 5.41) is 3.30. The monoisotopic (exact) mass is 239 g/mol. The number of halogens is 2. The Morgan fingerprint density at radius 1 is 1.35 bits per heavy atom. The number of rotatable bonds is 4. The molecule has 94 valence electrons. The molecule has 1 saturated carbocycles. The van der Waals surface area contributed by atoms with E-state index in [2.05, 4.69) is 12.2 Å².